The molecule has 0 fully saturated rings. The van der Waals surface area contributed by atoms with Gasteiger partial charge in [-0.1, -0.05) is 39.7 Å². The minimum atomic E-state index is 0.270. The van der Waals surface area contributed by atoms with E-state index < -0.39 is 0 Å². The minimum absolute atomic E-state index is 0.270. The van der Waals surface area contributed by atoms with Crippen LogP contribution in [0.15, 0.2) is 53.0 Å². The molecular weight excluding hydrogens is 338 g/mol. The van der Waals surface area contributed by atoms with Gasteiger partial charge in [0.2, 0.25) is 0 Å². The van der Waals surface area contributed by atoms with Gasteiger partial charge in [-0.3, -0.25) is 0 Å². The van der Waals surface area contributed by atoms with Crippen molar-refractivity contribution in [1.82, 2.24) is 5.32 Å². The maximum Gasteiger partial charge on any atom is 0.119 e. The quantitative estimate of drug-likeness (QED) is 0.834. The molecule has 2 rings (SSSR count). The van der Waals surface area contributed by atoms with Crippen LogP contribution in [0.2, 0.25) is 5.02 Å². The van der Waals surface area contributed by atoms with E-state index in [1.54, 1.807) is 0 Å². The predicted molar refractivity (Wildman–Crippen MR) is 87.6 cm³/mol. The number of rotatable bonds is 6. The van der Waals surface area contributed by atoms with Crippen LogP contribution in [0.1, 0.15) is 5.56 Å². The maximum absolute atomic E-state index is 5.85. The van der Waals surface area contributed by atoms with Crippen molar-refractivity contribution in [2.24, 2.45) is 0 Å². The lowest BCUT2D eigenvalue weighted by Crippen LogP contribution is -2.33. The summed E-state index contributed by atoms with van der Waals surface area (Å²) in [6.07, 6.45) is 0.928. The third kappa shape index (κ3) is 4.82. The highest BCUT2D eigenvalue weighted by Gasteiger charge is 2.08. The van der Waals surface area contributed by atoms with E-state index in [9.17, 15) is 0 Å². The van der Waals surface area contributed by atoms with Crippen molar-refractivity contribution in [3.63, 3.8) is 0 Å². The molecule has 1 N–H and O–H groups in total. The van der Waals surface area contributed by atoms with Crippen LogP contribution < -0.4 is 10.1 Å². The second kappa shape index (κ2) is 7.67. The molecule has 0 bridgehead atoms. The number of nitrogens with one attached hydrogen (secondary N) is 1. The number of hydrogen-bond donors (Lipinski definition) is 1. The smallest absolute Gasteiger partial charge is 0.119 e. The summed E-state index contributed by atoms with van der Waals surface area (Å²) in [5.41, 5.74) is 1.28. The molecule has 0 radical (unpaired) electrons. The Balaban J connectivity index is 1.88. The fraction of sp³-hybridized carbons (Fsp3) is 0.250. The van der Waals surface area contributed by atoms with Crippen LogP contribution in [0.25, 0.3) is 0 Å². The Bertz CT molecular complexity index is 527. The van der Waals surface area contributed by atoms with E-state index in [0.29, 0.717) is 6.61 Å². The summed E-state index contributed by atoms with van der Waals surface area (Å²) in [7, 11) is 1.95. The van der Waals surface area contributed by atoms with Gasteiger partial charge in [-0.05, 0) is 55.4 Å². The molecule has 106 valence electrons. The van der Waals surface area contributed by atoms with E-state index in [1.165, 1.54) is 5.56 Å². The van der Waals surface area contributed by atoms with E-state index in [4.69, 9.17) is 16.3 Å². The highest BCUT2D eigenvalue weighted by Crippen LogP contribution is 2.16. The molecule has 0 aliphatic carbocycles. The molecule has 1 atom stereocenters. The molecule has 0 amide bonds. The highest BCUT2D eigenvalue weighted by atomic mass is 79.9. The Hall–Kier alpha value is -1.03. The first-order valence-corrected chi connectivity index (χ1v) is 7.64. The first-order valence-electron chi connectivity index (χ1n) is 6.47. The molecule has 2 aromatic carbocycles. The lowest BCUT2D eigenvalue weighted by atomic mass is 10.1. The molecule has 0 aliphatic rings. The Morgan fingerprint density at radius 1 is 1.10 bits per heavy atom. The average Bonchev–Trinajstić information content (AvgIpc) is 2.47. The van der Waals surface area contributed by atoms with E-state index in [-0.39, 0.29) is 6.04 Å². The Morgan fingerprint density at radius 3 is 2.35 bits per heavy atom. The SMILES string of the molecule is CNC(COc1ccc(Cl)cc1)Cc1ccc(Br)cc1. The maximum atomic E-state index is 5.85. The van der Waals surface area contributed by atoms with Gasteiger partial charge in [-0.2, -0.15) is 0 Å². The van der Waals surface area contributed by atoms with E-state index >= 15 is 0 Å². The van der Waals surface area contributed by atoms with Crippen molar-refractivity contribution < 1.29 is 4.74 Å². The zero-order valence-electron chi connectivity index (χ0n) is 11.3. The van der Waals surface area contributed by atoms with Gasteiger partial charge >= 0.3 is 0 Å². The summed E-state index contributed by atoms with van der Waals surface area (Å²) in [5.74, 6) is 0.838. The number of hydrogen-bond acceptors (Lipinski definition) is 2. The predicted octanol–water partition coefficient (Wildman–Crippen LogP) is 4.31. The summed E-state index contributed by atoms with van der Waals surface area (Å²) >= 11 is 9.29. The Morgan fingerprint density at radius 2 is 1.75 bits per heavy atom. The molecule has 20 heavy (non-hydrogen) atoms. The summed E-state index contributed by atoms with van der Waals surface area (Å²) < 4.78 is 6.88. The fourth-order valence-electron chi connectivity index (χ4n) is 1.88. The largest absolute Gasteiger partial charge is 0.492 e. The molecule has 0 heterocycles. The van der Waals surface area contributed by atoms with Gasteiger partial charge in [0.15, 0.2) is 0 Å². The van der Waals surface area contributed by atoms with Gasteiger partial charge in [0.1, 0.15) is 12.4 Å². The molecular formula is C16H17BrClNO. The van der Waals surface area contributed by atoms with Gasteiger partial charge in [0.25, 0.3) is 0 Å². The molecule has 2 nitrogen and oxygen atoms in total. The van der Waals surface area contributed by atoms with Crippen LogP contribution >= 0.6 is 27.5 Å². The number of halogens is 2. The van der Waals surface area contributed by atoms with Crippen LogP contribution in [0.3, 0.4) is 0 Å². The second-order valence-corrected chi connectivity index (χ2v) is 5.93. The molecule has 0 saturated carbocycles. The van der Waals surface area contributed by atoms with Crippen molar-refractivity contribution in [2.75, 3.05) is 13.7 Å². The summed E-state index contributed by atoms with van der Waals surface area (Å²) in [5, 5.41) is 4.00. The van der Waals surface area contributed by atoms with Gasteiger partial charge in [0.05, 0.1) is 0 Å². The third-order valence-corrected chi connectivity index (χ3v) is 3.85. The lowest BCUT2D eigenvalue weighted by Gasteiger charge is -2.17. The van der Waals surface area contributed by atoms with Crippen LogP contribution in [-0.2, 0) is 6.42 Å². The van der Waals surface area contributed by atoms with Gasteiger partial charge in [-0.25, -0.2) is 0 Å². The van der Waals surface area contributed by atoms with Crippen molar-refractivity contribution in [2.45, 2.75) is 12.5 Å². The number of benzene rings is 2. The van der Waals surface area contributed by atoms with Crippen molar-refractivity contribution >= 4 is 27.5 Å². The van der Waals surface area contributed by atoms with Gasteiger partial charge < -0.3 is 10.1 Å². The van der Waals surface area contributed by atoms with Crippen LogP contribution in [0.5, 0.6) is 5.75 Å². The Kier molecular flexibility index (Phi) is 5.89. The number of likely N-dealkylation sites (N-methyl/N-ethyl adjacent to an activating group) is 1. The van der Waals surface area contributed by atoms with Crippen LogP contribution in [0.4, 0.5) is 0 Å². The first kappa shape index (κ1) is 15.4. The van der Waals surface area contributed by atoms with Crippen molar-refractivity contribution in [3.8, 4) is 5.75 Å². The standard InChI is InChI=1S/C16H17BrClNO/c1-19-15(10-12-2-4-13(17)5-3-12)11-20-16-8-6-14(18)7-9-16/h2-9,15,19H,10-11H2,1H3. The zero-order valence-corrected chi connectivity index (χ0v) is 13.6. The molecule has 2 aromatic rings. The monoisotopic (exact) mass is 353 g/mol. The molecule has 0 aliphatic heterocycles. The summed E-state index contributed by atoms with van der Waals surface area (Å²) in [6, 6.07) is 16.1. The minimum Gasteiger partial charge on any atom is -0.492 e. The molecule has 1 unspecified atom stereocenters. The van der Waals surface area contributed by atoms with Crippen molar-refractivity contribution in [1.29, 1.82) is 0 Å². The molecule has 0 spiro atoms. The highest BCUT2D eigenvalue weighted by molar-refractivity contribution is 9.10. The fourth-order valence-corrected chi connectivity index (χ4v) is 2.27. The third-order valence-electron chi connectivity index (χ3n) is 3.07. The topological polar surface area (TPSA) is 21.3 Å². The van der Waals surface area contributed by atoms with Crippen molar-refractivity contribution in [3.05, 3.63) is 63.6 Å². The van der Waals surface area contributed by atoms with E-state index in [2.05, 4.69) is 45.5 Å². The van der Waals surface area contributed by atoms with Crippen LogP contribution in [-0.4, -0.2) is 19.7 Å². The van der Waals surface area contributed by atoms with Crippen LogP contribution in [0, 0.1) is 0 Å². The Labute approximate surface area is 133 Å². The summed E-state index contributed by atoms with van der Waals surface area (Å²) in [6.45, 7) is 0.619. The molecule has 4 heteroatoms. The normalized spacial score (nSPS) is 12.2. The van der Waals surface area contributed by atoms with E-state index in [0.717, 1.165) is 21.7 Å². The lowest BCUT2D eigenvalue weighted by molar-refractivity contribution is 0.270. The molecule has 0 saturated heterocycles. The summed E-state index contributed by atoms with van der Waals surface area (Å²) in [4.78, 5) is 0. The zero-order chi connectivity index (χ0) is 14.4. The van der Waals surface area contributed by atoms with Gasteiger partial charge in [0, 0.05) is 15.5 Å². The second-order valence-electron chi connectivity index (χ2n) is 4.58. The average molecular weight is 355 g/mol. The van der Waals surface area contributed by atoms with Gasteiger partial charge in [-0.15, -0.1) is 0 Å². The first-order chi connectivity index (χ1) is 9.67. The van der Waals surface area contributed by atoms with E-state index in [1.807, 2.05) is 31.3 Å². The molecule has 0 aromatic heterocycles. The number of ether oxygens (including phenoxy) is 1.